The first-order valence-corrected chi connectivity index (χ1v) is 7.45. The Morgan fingerprint density at radius 1 is 1.27 bits per heavy atom. The Hall–Kier alpha value is 0.0200. The fraction of sp³-hybridized carbons (Fsp3) is 0.923. The molecule has 1 atom stereocenters. The van der Waals surface area contributed by atoms with Crippen LogP contribution in [0.2, 0.25) is 0 Å². The lowest BCUT2D eigenvalue weighted by molar-refractivity contribution is -0.117. The largest absolute Gasteiger partial charge is 0.298 e. The number of hydrogen-bond acceptors (Lipinski definition) is 2. The van der Waals surface area contributed by atoms with Crippen LogP contribution in [-0.4, -0.2) is 16.8 Å². The molecule has 1 aliphatic heterocycles. The van der Waals surface area contributed by atoms with Gasteiger partial charge in [0.05, 0.1) is 5.25 Å². The van der Waals surface area contributed by atoms with E-state index in [0.29, 0.717) is 11.0 Å². The van der Waals surface area contributed by atoms with Crippen LogP contribution in [-0.2, 0) is 4.79 Å². The Morgan fingerprint density at radius 2 is 1.93 bits per heavy atom. The minimum absolute atomic E-state index is 0.399. The number of Topliss-reactive ketones (excluding diaryl/α,β-unsaturated/α-hetero) is 1. The second-order valence-corrected chi connectivity index (χ2v) is 6.54. The van der Waals surface area contributed by atoms with Crippen LogP contribution in [0, 0.1) is 11.8 Å². The number of rotatable bonds is 5. The van der Waals surface area contributed by atoms with Crippen molar-refractivity contribution in [2.24, 2.45) is 11.8 Å². The Balaban J connectivity index is 1.55. The molecule has 86 valence electrons. The van der Waals surface area contributed by atoms with Crippen LogP contribution in [0.25, 0.3) is 0 Å². The Labute approximate surface area is 97.4 Å². The van der Waals surface area contributed by atoms with E-state index in [4.69, 9.17) is 0 Å². The lowest BCUT2D eigenvalue weighted by atomic mass is 9.80. The molecule has 0 radical (unpaired) electrons. The molecule has 15 heavy (non-hydrogen) atoms. The molecule has 2 rings (SSSR count). The molecule has 2 aliphatic rings. The SMILES string of the molecule is C[C@H]1CC[C@@H](CCCC(=O)C2CS2)CC1. The molecule has 0 aromatic rings. The van der Waals surface area contributed by atoms with E-state index >= 15 is 0 Å². The number of carbonyl (C=O) groups excluding carboxylic acids is 1. The summed E-state index contributed by atoms with van der Waals surface area (Å²) in [5.41, 5.74) is 0. The molecule has 0 spiro atoms. The summed E-state index contributed by atoms with van der Waals surface area (Å²) >= 11 is 1.81. The average Bonchev–Trinajstić information content (AvgIpc) is 3.04. The summed E-state index contributed by atoms with van der Waals surface area (Å²) in [4.78, 5) is 11.5. The number of carbonyl (C=O) groups is 1. The second-order valence-electron chi connectivity index (χ2n) is 5.31. The highest BCUT2D eigenvalue weighted by Gasteiger charge is 2.29. The van der Waals surface area contributed by atoms with E-state index in [9.17, 15) is 4.79 Å². The summed E-state index contributed by atoms with van der Waals surface area (Å²) in [7, 11) is 0. The summed E-state index contributed by atoms with van der Waals surface area (Å²) in [6, 6.07) is 0. The van der Waals surface area contributed by atoms with Crippen LogP contribution in [0.3, 0.4) is 0 Å². The minimum Gasteiger partial charge on any atom is -0.298 e. The second kappa shape index (κ2) is 5.38. The maximum atomic E-state index is 11.5. The molecule has 1 unspecified atom stereocenters. The van der Waals surface area contributed by atoms with Crippen molar-refractivity contribution in [3.05, 3.63) is 0 Å². The smallest absolute Gasteiger partial charge is 0.146 e. The van der Waals surface area contributed by atoms with Crippen LogP contribution in [0.5, 0.6) is 0 Å². The number of thioether (sulfide) groups is 1. The average molecular weight is 226 g/mol. The van der Waals surface area contributed by atoms with E-state index < -0.39 is 0 Å². The maximum absolute atomic E-state index is 11.5. The Morgan fingerprint density at radius 3 is 2.53 bits per heavy atom. The van der Waals surface area contributed by atoms with Crippen LogP contribution in [0.4, 0.5) is 0 Å². The summed E-state index contributed by atoms with van der Waals surface area (Å²) in [6.07, 6.45) is 8.95. The number of ketones is 1. The van der Waals surface area contributed by atoms with E-state index in [0.717, 1.165) is 30.4 Å². The first-order valence-electron chi connectivity index (χ1n) is 6.40. The van der Waals surface area contributed by atoms with E-state index in [-0.39, 0.29) is 0 Å². The zero-order chi connectivity index (χ0) is 10.7. The molecule has 0 aromatic carbocycles. The summed E-state index contributed by atoms with van der Waals surface area (Å²) in [6.45, 7) is 2.37. The van der Waals surface area contributed by atoms with Gasteiger partial charge in [-0.3, -0.25) is 4.79 Å². The monoisotopic (exact) mass is 226 g/mol. The van der Waals surface area contributed by atoms with Crippen LogP contribution in [0.1, 0.15) is 51.9 Å². The Bertz CT molecular complexity index is 215. The predicted octanol–water partition coefficient (Wildman–Crippen LogP) is 3.67. The van der Waals surface area contributed by atoms with Gasteiger partial charge in [-0.1, -0.05) is 39.0 Å². The van der Waals surface area contributed by atoms with Gasteiger partial charge < -0.3 is 0 Å². The fourth-order valence-corrected chi connectivity index (χ4v) is 3.16. The molecule has 1 saturated heterocycles. The highest BCUT2D eigenvalue weighted by atomic mass is 32.2. The zero-order valence-corrected chi connectivity index (χ0v) is 10.5. The molecule has 2 heteroatoms. The third-order valence-corrected chi connectivity index (χ3v) is 4.79. The highest BCUT2D eigenvalue weighted by Crippen LogP contribution is 2.34. The molecule has 0 N–H and O–H groups in total. The lowest BCUT2D eigenvalue weighted by Gasteiger charge is -2.25. The molecular weight excluding hydrogens is 204 g/mol. The molecule has 2 fully saturated rings. The van der Waals surface area contributed by atoms with Crippen molar-refractivity contribution in [1.29, 1.82) is 0 Å². The van der Waals surface area contributed by atoms with Gasteiger partial charge in [-0.2, -0.15) is 0 Å². The summed E-state index contributed by atoms with van der Waals surface area (Å²) in [5.74, 6) is 3.50. The molecule has 1 aliphatic carbocycles. The Kier molecular flexibility index (Phi) is 4.13. The van der Waals surface area contributed by atoms with Crippen molar-refractivity contribution in [2.45, 2.75) is 57.1 Å². The van der Waals surface area contributed by atoms with Crippen LogP contribution in [0.15, 0.2) is 0 Å². The molecule has 1 saturated carbocycles. The molecule has 0 aromatic heterocycles. The van der Waals surface area contributed by atoms with E-state index in [1.807, 2.05) is 11.8 Å². The van der Waals surface area contributed by atoms with E-state index in [1.165, 1.54) is 32.1 Å². The van der Waals surface area contributed by atoms with Crippen molar-refractivity contribution in [2.75, 3.05) is 5.75 Å². The molecular formula is C13H22OS. The van der Waals surface area contributed by atoms with Crippen molar-refractivity contribution < 1.29 is 4.79 Å². The van der Waals surface area contributed by atoms with Gasteiger partial charge >= 0.3 is 0 Å². The first kappa shape index (κ1) is 11.5. The molecule has 1 heterocycles. The minimum atomic E-state index is 0.399. The van der Waals surface area contributed by atoms with Crippen LogP contribution >= 0.6 is 11.8 Å². The van der Waals surface area contributed by atoms with Gasteiger partial charge in [-0.15, -0.1) is 11.8 Å². The third-order valence-electron chi connectivity index (χ3n) is 3.86. The van der Waals surface area contributed by atoms with Crippen molar-refractivity contribution >= 4 is 17.5 Å². The van der Waals surface area contributed by atoms with Gasteiger partial charge in [-0.25, -0.2) is 0 Å². The van der Waals surface area contributed by atoms with Crippen molar-refractivity contribution in [3.63, 3.8) is 0 Å². The number of hydrogen-bond donors (Lipinski definition) is 0. The topological polar surface area (TPSA) is 17.1 Å². The van der Waals surface area contributed by atoms with Gasteiger partial charge in [0.15, 0.2) is 0 Å². The van der Waals surface area contributed by atoms with Gasteiger partial charge in [0.25, 0.3) is 0 Å². The van der Waals surface area contributed by atoms with E-state index in [1.54, 1.807) is 0 Å². The fourth-order valence-electron chi connectivity index (χ4n) is 2.58. The van der Waals surface area contributed by atoms with Gasteiger partial charge in [0.2, 0.25) is 0 Å². The third kappa shape index (κ3) is 3.82. The summed E-state index contributed by atoms with van der Waals surface area (Å²) in [5, 5.41) is 0.399. The zero-order valence-electron chi connectivity index (χ0n) is 9.71. The molecule has 0 amide bonds. The highest BCUT2D eigenvalue weighted by molar-refractivity contribution is 8.07. The predicted molar refractivity (Wildman–Crippen MR) is 66.2 cm³/mol. The standard InChI is InChI=1S/C13H22OS/c1-10-5-7-11(8-6-10)3-2-4-12(14)13-9-15-13/h10-11,13H,2-9H2,1H3/t10-,11+,13?. The normalized spacial score (nSPS) is 35.1. The maximum Gasteiger partial charge on any atom is 0.146 e. The first-order chi connectivity index (χ1) is 7.25. The van der Waals surface area contributed by atoms with Crippen molar-refractivity contribution in [3.8, 4) is 0 Å². The van der Waals surface area contributed by atoms with Gasteiger partial charge in [0, 0.05) is 12.2 Å². The molecule has 1 nitrogen and oxygen atoms in total. The van der Waals surface area contributed by atoms with Crippen LogP contribution < -0.4 is 0 Å². The quantitative estimate of drug-likeness (QED) is 0.665. The lowest BCUT2D eigenvalue weighted by Crippen LogP contribution is -2.13. The molecule has 0 bridgehead atoms. The van der Waals surface area contributed by atoms with E-state index in [2.05, 4.69) is 6.92 Å². The van der Waals surface area contributed by atoms with Gasteiger partial charge in [-0.05, 0) is 18.3 Å². The summed E-state index contributed by atoms with van der Waals surface area (Å²) < 4.78 is 0. The van der Waals surface area contributed by atoms with Gasteiger partial charge in [0.1, 0.15) is 5.78 Å². The van der Waals surface area contributed by atoms with Crippen molar-refractivity contribution in [1.82, 2.24) is 0 Å².